The predicted octanol–water partition coefficient (Wildman–Crippen LogP) is 14.0. The Bertz CT molecular complexity index is 3900. The zero-order valence-corrected chi connectivity index (χ0v) is 32.3. The minimum absolute atomic E-state index is 0.643. The maximum absolute atomic E-state index is 5.44. The van der Waals surface area contributed by atoms with Crippen LogP contribution < -0.4 is 0 Å². The first-order chi connectivity index (χ1) is 29.8. The smallest absolute Gasteiger partial charge is 0.163 e. The minimum Gasteiger partial charge on any atom is -0.309 e. The number of aromatic nitrogens is 5. The summed E-state index contributed by atoms with van der Waals surface area (Å²) in [6, 6.07) is 69.7. The maximum Gasteiger partial charge on any atom is 0.163 e. The van der Waals surface area contributed by atoms with Crippen LogP contribution >= 0.6 is 0 Å². The molecule has 4 aromatic heterocycles. The summed E-state index contributed by atoms with van der Waals surface area (Å²) >= 11 is 0. The number of hydrogen-bond donors (Lipinski definition) is 0. The number of para-hydroxylation sites is 2. The third kappa shape index (κ3) is 4.77. The topological polar surface area (TPSA) is 48.5 Å². The summed E-state index contributed by atoms with van der Waals surface area (Å²) in [7, 11) is 0. The summed E-state index contributed by atoms with van der Waals surface area (Å²) in [5.74, 6) is 0.643. The predicted molar refractivity (Wildman–Crippen MR) is 249 cm³/mol. The number of rotatable bonds is 4. The van der Waals surface area contributed by atoms with Gasteiger partial charge in [-0.1, -0.05) is 121 Å². The Morgan fingerprint density at radius 2 is 1.05 bits per heavy atom. The maximum atomic E-state index is 5.44. The molecule has 0 N–H and O–H groups in total. The summed E-state index contributed by atoms with van der Waals surface area (Å²) in [4.78, 5) is 15.4. The molecule has 0 aliphatic heterocycles. The summed E-state index contributed by atoms with van der Waals surface area (Å²) in [5, 5.41) is 12.9. The molecular weight excluding hydrogens is 731 g/mol. The fourth-order valence-corrected chi connectivity index (χ4v) is 9.68. The summed E-state index contributed by atoms with van der Waals surface area (Å²) in [5.41, 5.74) is 10.4. The van der Waals surface area contributed by atoms with Crippen LogP contribution in [0.5, 0.6) is 0 Å². The van der Waals surface area contributed by atoms with Gasteiger partial charge in [0, 0.05) is 55.3 Å². The summed E-state index contributed by atoms with van der Waals surface area (Å²) in [6.07, 6.45) is 1.82. The van der Waals surface area contributed by atoms with Crippen molar-refractivity contribution in [2.75, 3.05) is 0 Å². The van der Waals surface area contributed by atoms with E-state index in [1.165, 1.54) is 59.6 Å². The Kier molecular flexibility index (Phi) is 6.95. The van der Waals surface area contributed by atoms with Gasteiger partial charge in [-0.05, 0) is 99.7 Å². The zero-order valence-electron chi connectivity index (χ0n) is 32.3. The highest BCUT2D eigenvalue weighted by atomic mass is 15.0. The quantitative estimate of drug-likeness (QED) is 0.179. The van der Waals surface area contributed by atoms with Gasteiger partial charge in [-0.25, -0.2) is 15.0 Å². The monoisotopic (exact) mass is 763 g/mol. The lowest BCUT2D eigenvalue weighted by atomic mass is 10.0. The van der Waals surface area contributed by atoms with Crippen molar-refractivity contribution in [3.8, 4) is 34.0 Å². The fraction of sp³-hybridized carbons (Fsp3) is 0. The third-order valence-corrected chi connectivity index (χ3v) is 12.3. The molecule has 0 spiro atoms. The normalized spacial score (nSPS) is 12.0. The third-order valence-electron chi connectivity index (χ3n) is 12.3. The fourth-order valence-electron chi connectivity index (χ4n) is 9.68. The Balaban J connectivity index is 1.04. The van der Waals surface area contributed by atoms with Crippen LogP contribution in [-0.2, 0) is 0 Å². The Hall–Kier alpha value is -8.15. The molecule has 0 bridgehead atoms. The lowest BCUT2D eigenvalue weighted by Crippen LogP contribution is -2.00. The molecule has 0 aliphatic carbocycles. The molecule has 0 unspecified atom stereocenters. The van der Waals surface area contributed by atoms with Crippen LogP contribution in [-0.4, -0.2) is 24.1 Å². The van der Waals surface area contributed by atoms with E-state index in [-0.39, 0.29) is 0 Å². The summed E-state index contributed by atoms with van der Waals surface area (Å²) < 4.78 is 4.79. The van der Waals surface area contributed by atoms with Crippen molar-refractivity contribution in [3.63, 3.8) is 0 Å². The SMILES string of the molecule is c1ccc(-n2c3ccccc3c3cc(-c4nc(-c5ccc(-n6c7cc8ccccc8cc7c7c8ccccc8ccc76)c6ccccc56)nc5ncccc45)ccc32)cc1. The first-order valence-corrected chi connectivity index (χ1v) is 20.4. The van der Waals surface area contributed by atoms with Crippen molar-refractivity contribution in [3.05, 3.63) is 200 Å². The molecule has 278 valence electrons. The molecule has 0 aliphatic rings. The first kappa shape index (κ1) is 32.9. The van der Waals surface area contributed by atoms with Crippen molar-refractivity contribution < 1.29 is 0 Å². The zero-order chi connectivity index (χ0) is 39.3. The van der Waals surface area contributed by atoms with Crippen LogP contribution in [0.3, 0.4) is 0 Å². The molecule has 5 nitrogen and oxygen atoms in total. The highest BCUT2D eigenvalue weighted by Gasteiger charge is 2.21. The van der Waals surface area contributed by atoms with E-state index in [2.05, 4.69) is 197 Å². The minimum atomic E-state index is 0.643. The highest BCUT2D eigenvalue weighted by molar-refractivity contribution is 6.24. The molecule has 4 heterocycles. The van der Waals surface area contributed by atoms with Gasteiger partial charge in [0.25, 0.3) is 0 Å². The molecule has 0 fully saturated rings. The lowest BCUT2D eigenvalue weighted by molar-refractivity contribution is 1.18. The number of pyridine rings is 1. The van der Waals surface area contributed by atoms with E-state index >= 15 is 0 Å². The van der Waals surface area contributed by atoms with Gasteiger partial charge in [0.2, 0.25) is 0 Å². The van der Waals surface area contributed by atoms with Crippen LogP contribution in [0.1, 0.15) is 0 Å². The van der Waals surface area contributed by atoms with Gasteiger partial charge < -0.3 is 9.13 Å². The van der Waals surface area contributed by atoms with Gasteiger partial charge in [0.05, 0.1) is 33.4 Å². The average Bonchev–Trinajstić information content (AvgIpc) is 3.82. The molecule has 0 saturated heterocycles. The molecule has 0 atom stereocenters. The number of fused-ring (bicyclic) bond motifs is 11. The van der Waals surface area contributed by atoms with Crippen molar-refractivity contribution in [2.45, 2.75) is 0 Å². The van der Waals surface area contributed by atoms with Crippen LogP contribution in [0.15, 0.2) is 200 Å². The Morgan fingerprint density at radius 1 is 0.367 bits per heavy atom. The van der Waals surface area contributed by atoms with E-state index in [0.29, 0.717) is 11.5 Å². The number of hydrogen-bond acceptors (Lipinski definition) is 3. The van der Waals surface area contributed by atoms with Gasteiger partial charge in [0.15, 0.2) is 11.5 Å². The molecule has 9 aromatic carbocycles. The van der Waals surface area contributed by atoms with Gasteiger partial charge in [-0.2, -0.15) is 0 Å². The van der Waals surface area contributed by atoms with Gasteiger partial charge in [0.1, 0.15) is 0 Å². The standard InChI is InChI=1S/C55H33N5/c1-2-16-38(17-3-1)59-47-23-11-10-21-42(47)45-32-37(25-27-49(45)59)53-44-22-12-30-56-54(44)58-55(57-53)43-26-29-48(41-20-9-8-19-40(41)43)60-50-28-24-34-13-6-7-18-39(34)52(50)46-31-35-14-4-5-15-36(35)33-51(46)60/h1-33H. The second-order valence-corrected chi connectivity index (χ2v) is 15.6. The van der Waals surface area contributed by atoms with Crippen LogP contribution in [0, 0.1) is 0 Å². The second kappa shape index (κ2) is 12.7. The van der Waals surface area contributed by atoms with Crippen molar-refractivity contribution in [2.24, 2.45) is 0 Å². The van der Waals surface area contributed by atoms with E-state index in [4.69, 9.17) is 15.0 Å². The van der Waals surface area contributed by atoms with Crippen LogP contribution in [0.2, 0.25) is 0 Å². The van der Waals surface area contributed by atoms with E-state index in [9.17, 15) is 0 Å². The molecule has 60 heavy (non-hydrogen) atoms. The van der Waals surface area contributed by atoms with Crippen molar-refractivity contribution in [1.29, 1.82) is 0 Å². The van der Waals surface area contributed by atoms with E-state index in [1.807, 2.05) is 12.3 Å². The first-order valence-electron chi connectivity index (χ1n) is 20.4. The Morgan fingerprint density at radius 3 is 1.92 bits per heavy atom. The van der Waals surface area contributed by atoms with E-state index in [0.717, 1.165) is 49.9 Å². The second-order valence-electron chi connectivity index (χ2n) is 15.6. The van der Waals surface area contributed by atoms with Crippen molar-refractivity contribution >= 4 is 87.0 Å². The number of benzene rings is 9. The molecule has 13 rings (SSSR count). The van der Waals surface area contributed by atoms with Crippen LogP contribution in [0.4, 0.5) is 0 Å². The summed E-state index contributed by atoms with van der Waals surface area (Å²) in [6.45, 7) is 0. The molecule has 0 radical (unpaired) electrons. The molecule has 0 saturated carbocycles. The van der Waals surface area contributed by atoms with Crippen LogP contribution in [0.25, 0.3) is 121 Å². The Labute approximate surface area is 344 Å². The largest absolute Gasteiger partial charge is 0.309 e. The molecule has 5 heteroatoms. The van der Waals surface area contributed by atoms with Crippen molar-refractivity contribution in [1.82, 2.24) is 24.1 Å². The molecular formula is C55H33N5. The molecule has 13 aromatic rings. The molecule has 0 amide bonds. The van der Waals surface area contributed by atoms with Gasteiger partial charge in [-0.15, -0.1) is 0 Å². The number of nitrogens with zero attached hydrogens (tertiary/aromatic N) is 5. The average molecular weight is 764 g/mol. The van der Waals surface area contributed by atoms with Gasteiger partial charge >= 0.3 is 0 Å². The van der Waals surface area contributed by atoms with E-state index in [1.54, 1.807) is 0 Å². The highest BCUT2D eigenvalue weighted by Crippen LogP contribution is 2.42. The lowest BCUT2D eigenvalue weighted by Gasteiger charge is -2.15. The van der Waals surface area contributed by atoms with Gasteiger partial charge in [-0.3, -0.25) is 0 Å². The van der Waals surface area contributed by atoms with E-state index < -0.39 is 0 Å².